The van der Waals surface area contributed by atoms with Gasteiger partial charge in [-0.25, -0.2) is 0 Å². The Hall–Kier alpha value is -0.600. The summed E-state index contributed by atoms with van der Waals surface area (Å²) >= 11 is 0. The molecule has 0 unspecified atom stereocenters. The van der Waals surface area contributed by atoms with Gasteiger partial charge in [-0.3, -0.25) is 0 Å². The summed E-state index contributed by atoms with van der Waals surface area (Å²) in [5, 5.41) is 0. The fraction of sp³-hybridized carbons (Fsp3) is 0.667. The second kappa shape index (κ2) is 10.5. The highest BCUT2D eigenvalue weighted by Gasteiger charge is 1.99. The lowest BCUT2D eigenvalue weighted by Crippen LogP contribution is -2.13. The Balaban J connectivity index is 3.76. The molecule has 0 aromatic rings. The van der Waals surface area contributed by atoms with Gasteiger partial charge in [0.15, 0.2) is 6.29 Å². The zero-order valence-electron chi connectivity index (χ0n) is 9.53. The van der Waals surface area contributed by atoms with Crippen LogP contribution >= 0.6 is 0 Å². The average molecular weight is 198 g/mol. The number of hydrogen-bond donors (Lipinski definition) is 0. The smallest absolute Gasteiger partial charge is 0.177 e. The first-order valence-corrected chi connectivity index (χ1v) is 5.41. The van der Waals surface area contributed by atoms with Crippen molar-refractivity contribution in [2.24, 2.45) is 0 Å². The van der Waals surface area contributed by atoms with E-state index in [9.17, 15) is 0 Å². The zero-order valence-corrected chi connectivity index (χ0v) is 9.53. The summed E-state index contributed by atoms with van der Waals surface area (Å²) in [7, 11) is 0. The second-order valence-corrected chi connectivity index (χ2v) is 2.88. The summed E-state index contributed by atoms with van der Waals surface area (Å²) in [5.74, 6) is 0. The first-order chi connectivity index (χ1) is 6.85. The summed E-state index contributed by atoms with van der Waals surface area (Å²) in [6, 6.07) is 0. The van der Waals surface area contributed by atoms with E-state index in [4.69, 9.17) is 9.47 Å². The molecule has 0 atom stereocenters. The van der Waals surface area contributed by atoms with Gasteiger partial charge in [-0.2, -0.15) is 0 Å². The van der Waals surface area contributed by atoms with Gasteiger partial charge in [0.25, 0.3) is 0 Å². The third kappa shape index (κ3) is 8.02. The number of allylic oxidation sites excluding steroid dienone is 3. The van der Waals surface area contributed by atoms with Gasteiger partial charge < -0.3 is 9.47 Å². The molecule has 0 radical (unpaired) electrons. The van der Waals surface area contributed by atoms with Gasteiger partial charge in [-0.15, -0.1) is 0 Å². The van der Waals surface area contributed by atoms with E-state index in [0.29, 0.717) is 13.2 Å². The van der Waals surface area contributed by atoms with Gasteiger partial charge >= 0.3 is 0 Å². The molecule has 0 aromatic carbocycles. The maximum Gasteiger partial charge on any atom is 0.177 e. The van der Waals surface area contributed by atoms with Crippen LogP contribution in [0.15, 0.2) is 24.3 Å². The summed E-state index contributed by atoms with van der Waals surface area (Å²) < 4.78 is 10.7. The molecule has 2 heteroatoms. The lowest BCUT2D eigenvalue weighted by Gasteiger charge is -2.11. The highest BCUT2D eigenvalue weighted by Crippen LogP contribution is 1.98. The largest absolute Gasteiger partial charge is 0.349 e. The molecule has 0 aliphatic rings. The van der Waals surface area contributed by atoms with Crippen molar-refractivity contribution in [1.82, 2.24) is 0 Å². The normalized spacial score (nSPS) is 12.3. The van der Waals surface area contributed by atoms with Crippen LogP contribution in [0.3, 0.4) is 0 Å². The van der Waals surface area contributed by atoms with Gasteiger partial charge in [-0.05, 0) is 26.3 Å². The third-order valence-electron chi connectivity index (χ3n) is 1.63. The van der Waals surface area contributed by atoms with Gasteiger partial charge in [-0.1, -0.05) is 31.6 Å². The quantitative estimate of drug-likeness (QED) is 0.440. The van der Waals surface area contributed by atoms with Gasteiger partial charge in [0.1, 0.15) is 0 Å². The fourth-order valence-electron chi connectivity index (χ4n) is 0.984. The Kier molecular flexibility index (Phi) is 10.0. The first kappa shape index (κ1) is 13.4. The van der Waals surface area contributed by atoms with E-state index in [2.05, 4.69) is 13.0 Å². The summed E-state index contributed by atoms with van der Waals surface area (Å²) in [4.78, 5) is 0. The van der Waals surface area contributed by atoms with Crippen LogP contribution in [0.25, 0.3) is 0 Å². The van der Waals surface area contributed by atoms with Crippen molar-refractivity contribution in [2.45, 2.75) is 39.9 Å². The van der Waals surface area contributed by atoms with Crippen molar-refractivity contribution >= 4 is 0 Å². The molecule has 0 heterocycles. The van der Waals surface area contributed by atoms with E-state index in [1.165, 1.54) is 6.42 Å². The topological polar surface area (TPSA) is 18.5 Å². The maximum atomic E-state index is 5.35. The molecular formula is C12H22O2. The minimum atomic E-state index is -0.198. The molecule has 14 heavy (non-hydrogen) atoms. The Morgan fingerprint density at radius 1 is 1.00 bits per heavy atom. The first-order valence-electron chi connectivity index (χ1n) is 5.41. The second-order valence-electron chi connectivity index (χ2n) is 2.88. The number of ether oxygens (including phenoxy) is 2. The Morgan fingerprint density at radius 3 is 2.14 bits per heavy atom. The van der Waals surface area contributed by atoms with Crippen molar-refractivity contribution in [2.75, 3.05) is 13.2 Å². The molecular weight excluding hydrogens is 176 g/mol. The van der Waals surface area contributed by atoms with Crippen LogP contribution in [0, 0.1) is 0 Å². The number of rotatable bonds is 8. The van der Waals surface area contributed by atoms with Crippen LogP contribution in [-0.2, 0) is 9.47 Å². The minimum absolute atomic E-state index is 0.198. The molecule has 0 saturated carbocycles. The van der Waals surface area contributed by atoms with E-state index in [0.717, 1.165) is 6.42 Å². The molecule has 0 amide bonds. The van der Waals surface area contributed by atoms with E-state index < -0.39 is 0 Å². The van der Waals surface area contributed by atoms with E-state index in [1.54, 1.807) is 0 Å². The molecule has 0 aliphatic heterocycles. The molecule has 0 aliphatic carbocycles. The Morgan fingerprint density at radius 2 is 1.64 bits per heavy atom. The van der Waals surface area contributed by atoms with E-state index >= 15 is 0 Å². The third-order valence-corrected chi connectivity index (χ3v) is 1.63. The van der Waals surface area contributed by atoms with Crippen molar-refractivity contribution in [3.63, 3.8) is 0 Å². The monoisotopic (exact) mass is 198 g/mol. The molecule has 0 N–H and O–H groups in total. The van der Waals surface area contributed by atoms with Gasteiger partial charge in [0.05, 0.1) is 0 Å². The highest BCUT2D eigenvalue weighted by atomic mass is 16.7. The molecule has 0 spiro atoms. The van der Waals surface area contributed by atoms with E-state index in [1.807, 2.05) is 32.1 Å². The van der Waals surface area contributed by atoms with Crippen LogP contribution < -0.4 is 0 Å². The average Bonchev–Trinajstić information content (AvgIpc) is 2.18. The maximum absolute atomic E-state index is 5.35. The van der Waals surface area contributed by atoms with Crippen LogP contribution in [0.1, 0.15) is 33.6 Å². The number of hydrogen-bond acceptors (Lipinski definition) is 2. The van der Waals surface area contributed by atoms with Crippen molar-refractivity contribution < 1.29 is 9.47 Å². The lowest BCUT2D eigenvalue weighted by atomic mass is 10.3. The summed E-state index contributed by atoms with van der Waals surface area (Å²) in [6.07, 6.45) is 10.2. The lowest BCUT2D eigenvalue weighted by molar-refractivity contribution is -0.103. The van der Waals surface area contributed by atoms with Gasteiger partial charge in [0.2, 0.25) is 0 Å². The SMILES string of the molecule is CCCC=CC=CC(OCC)OCC. The molecule has 0 aromatic heterocycles. The zero-order chi connectivity index (χ0) is 10.6. The van der Waals surface area contributed by atoms with Crippen molar-refractivity contribution in [3.8, 4) is 0 Å². The Labute approximate surface area is 87.6 Å². The van der Waals surface area contributed by atoms with Crippen molar-refractivity contribution in [3.05, 3.63) is 24.3 Å². The van der Waals surface area contributed by atoms with Crippen LogP contribution in [0.2, 0.25) is 0 Å². The standard InChI is InChI=1S/C12H22O2/c1-4-7-8-9-10-11-12(13-5-2)14-6-3/h8-12H,4-7H2,1-3H3. The van der Waals surface area contributed by atoms with Crippen LogP contribution in [0.5, 0.6) is 0 Å². The molecule has 0 saturated heterocycles. The molecule has 0 rings (SSSR count). The fourth-order valence-corrected chi connectivity index (χ4v) is 0.984. The molecule has 2 nitrogen and oxygen atoms in total. The van der Waals surface area contributed by atoms with Gasteiger partial charge in [0, 0.05) is 13.2 Å². The van der Waals surface area contributed by atoms with Crippen LogP contribution in [0.4, 0.5) is 0 Å². The summed E-state index contributed by atoms with van der Waals surface area (Å²) in [6.45, 7) is 7.44. The molecule has 0 fully saturated rings. The Bertz CT molecular complexity index is 156. The number of unbranched alkanes of at least 4 members (excludes halogenated alkanes) is 1. The minimum Gasteiger partial charge on any atom is -0.349 e. The van der Waals surface area contributed by atoms with E-state index in [-0.39, 0.29) is 6.29 Å². The predicted molar refractivity (Wildman–Crippen MR) is 60.2 cm³/mol. The summed E-state index contributed by atoms with van der Waals surface area (Å²) in [5.41, 5.74) is 0. The predicted octanol–water partition coefficient (Wildman–Crippen LogP) is 3.30. The van der Waals surface area contributed by atoms with Crippen LogP contribution in [-0.4, -0.2) is 19.5 Å². The molecule has 0 bridgehead atoms. The van der Waals surface area contributed by atoms with Crippen molar-refractivity contribution in [1.29, 1.82) is 0 Å². The highest BCUT2D eigenvalue weighted by molar-refractivity contribution is 5.03. The molecule has 82 valence electrons.